The summed E-state index contributed by atoms with van der Waals surface area (Å²) in [5.41, 5.74) is 0. The maximum atomic E-state index is 6.40. The molecule has 1 rings (SSSR count). The van der Waals surface area contributed by atoms with Crippen LogP contribution in [0.1, 0.15) is 78.6 Å². The Hall–Kier alpha value is 0.0300. The third kappa shape index (κ3) is 6.27. The summed E-state index contributed by atoms with van der Waals surface area (Å²) < 4.78 is 0. The van der Waals surface area contributed by atoms with Crippen LogP contribution in [0.15, 0.2) is 11.1 Å². The molecule has 1 atom stereocenters. The molecule has 0 heterocycles. The Bertz CT molecular complexity index is 236. The van der Waals surface area contributed by atoms with Crippen molar-refractivity contribution in [2.24, 2.45) is 17.8 Å². The van der Waals surface area contributed by atoms with Crippen LogP contribution in [0.25, 0.3) is 0 Å². The van der Waals surface area contributed by atoms with Crippen molar-refractivity contribution < 1.29 is 0 Å². The van der Waals surface area contributed by atoms with E-state index in [-0.39, 0.29) is 0 Å². The molecule has 1 fully saturated rings. The van der Waals surface area contributed by atoms with E-state index in [0.29, 0.717) is 5.92 Å². The van der Waals surface area contributed by atoms with Crippen molar-refractivity contribution in [2.75, 3.05) is 0 Å². The zero-order valence-electron chi connectivity index (χ0n) is 12.6. The number of hydrogen-bond acceptors (Lipinski definition) is 0. The zero-order chi connectivity index (χ0) is 13.4. The Morgan fingerprint density at radius 1 is 1.11 bits per heavy atom. The summed E-state index contributed by atoms with van der Waals surface area (Å²) in [7, 11) is 0. The van der Waals surface area contributed by atoms with Crippen LogP contribution < -0.4 is 0 Å². The Labute approximate surface area is 119 Å². The molecule has 0 bridgehead atoms. The van der Waals surface area contributed by atoms with Gasteiger partial charge in [-0.1, -0.05) is 77.0 Å². The van der Waals surface area contributed by atoms with E-state index in [9.17, 15) is 0 Å². The number of allylic oxidation sites excluding steroid dienone is 2. The quantitative estimate of drug-likeness (QED) is 0.395. The maximum Gasteiger partial charge on any atom is 0.0144 e. The molecule has 1 saturated carbocycles. The summed E-state index contributed by atoms with van der Waals surface area (Å²) in [5, 5.41) is 1.12. The lowest BCUT2D eigenvalue weighted by molar-refractivity contribution is 0.361. The van der Waals surface area contributed by atoms with Gasteiger partial charge in [-0.05, 0) is 37.0 Å². The molecule has 0 spiro atoms. The van der Waals surface area contributed by atoms with Gasteiger partial charge in [-0.3, -0.25) is 0 Å². The average molecular weight is 271 g/mol. The molecule has 106 valence electrons. The minimum atomic E-state index is 0.691. The standard InChI is InChI=1S/C17H31Cl/c1-4-15(5-2)16(6-3)13-17(18)10-8-7-9-14-11-12-14/h13-16H,4-12H2,1-3H3. The fourth-order valence-electron chi connectivity index (χ4n) is 2.93. The second kappa shape index (κ2) is 9.02. The van der Waals surface area contributed by atoms with Crippen molar-refractivity contribution in [1.29, 1.82) is 0 Å². The summed E-state index contributed by atoms with van der Waals surface area (Å²) in [4.78, 5) is 0. The van der Waals surface area contributed by atoms with Crippen LogP contribution in [0.3, 0.4) is 0 Å². The molecule has 0 saturated heterocycles. The minimum absolute atomic E-state index is 0.691. The van der Waals surface area contributed by atoms with Crippen LogP contribution in [-0.4, -0.2) is 0 Å². The maximum absolute atomic E-state index is 6.40. The van der Waals surface area contributed by atoms with Crippen LogP contribution in [0, 0.1) is 17.8 Å². The van der Waals surface area contributed by atoms with Crippen LogP contribution in [0.2, 0.25) is 0 Å². The van der Waals surface area contributed by atoms with E-state index in [1.165, 1.54) is 51.4 Å². The van der Waals surface area contributed by atoms with E-state index in [2.05, 4.69) is 26.8 Å². The predicted octanol–water partition coefficient (Wildman–Crippen LogP) is 6.54. The predicted molar refractivity (Wildman–Crippen MR) is 83.0 cm³/mol. The van der Waals surface area contributed by atoms with Gasteiger partial charge in [0.25, 0.3) is 0 Å². The van der Waals surface area contributed by atoms with Gasteiger partial charge in [-0.2, -0.15) is 0 Å². The van der Waals surface area contributed by atoms with Crippen molar-refractivity contribution >= 4 is 11.6 Å². The smallest absolute Gasteiger partial charge is 0.0144 e. The van der Waals surface area contributed by atoms with Gasteiger partial charge in [-0.15, -0.1) is 0 Å². The van der Waals surface area contributed by atoms with Crippen molar-refractivity contribution in [3.63, 3.8) is 0 Å². The molecule has 0 amide bonds. The summed E-state index contributed by atoms with van der Waals surface area (Å²) in [6, 6.07) is 0. The highest BCUT2D eigenvalue weighted by Gasteiger charge is 2.20. The van der Waals surface area contributed by atoms with E-state index < -0.39 is 0 Å². The van der Waals surface area contributed by atoms with E-state index in [1.807, 2.05) is 0 Å². The first-order valence-corrected chi connectivity index (χ1v) is 8.45. The average Bonchev–Trinajstić information content (AvgIpc) is 3.18. The lowest BCUT2D eigenvalue weighted by Crippen LogP contribution is -2.10. The van der Waals surface area contributed by atoms with Gasteiger partial charge < -0.3 is 0 Å². The summed E-state index contributed by atoms with van der Waals surface area (Å²) in [6.45, 7) is 6.89. The van der Waals surface area contributed by atoms with Crippen LogP contribution >= 0.6 is 11.6 Å². The van der Waals surface area contributed by atoms with Crippen molar-refractivity contribution in [3.05, 3.63) is 11.1 Å². The second-order valence-electron chi connectivity index (χ2n) is 5.95. The third-order valence-corrected chi connectivity index (χ3v) is 4.81. The highest BCUT2D eigenvalue weighted by Crippen LogP contribution is 2.34. The molecule has 1 unspecified atom stereocenters. The SMILES string of the molecule is CCC(C=C(Cl)CCCCC1CC1)C(CC)CC. The molecule has 0 aromatic heterocycles. The minimum Gasteiger partial charge on any atom is -0.0895 e. The molecule has 18 heavy (non-hydrogen) atoms. The molecule has 0 N–H and O–H groups in total. The van der Waals surface area contributed by atoms with Crippen molar-refractivity contribution in [3.8, 4) is 0 Å². The molecule has 1 heteroatoms. The molecular formula is C17H31Cl. The van der Waals surface area contributed by atoms with Crippen LogP contribution in [0.4, 0.5) is 0 Å². The molecule has 0 radical (unpaired) electrons. The molecule has 0 aromatic carbocycles. The fourth-order valence-corrected chi connectivity index (χ4v) is 3.23. The summed E-state index contributed by atoms with van der Waals surface area (Å²) in [6.07, 6.45) is 14.3. The first-order chi connectivity index (χ1) is 8.71. The Morgan fingerprint density at radius 2 is 1.78 bits per heavy atom. The molecule has 0 aromatic rings. The normalized spacial score (nSPS) is 18.4. The molecular weight excluding hydrogens is 240 g/mol. The van der Waals surface area contributed by atoms with E-state index in [0.717, 1.165) is 23.3 Å². The highest BCUT2D eigenvalue weighted by molar-refractivity contribution is 6.29. The van der Waals surface area contributed by atoms with Crippen LogP contribution in [0.5, 0.6) is 0 Å². The van der Waals surface area contributed by atoms with E-state index in [4.69, 9.17) is 11.6 Å². The number of halogens is 1. The van der Waals surface area contributed by atoms with Gasteiger partial charge in [0.15, 0.2) is 0 Å². The van der Waals surface area contributed by atoms with E-state index in [1.54, 1.807) is 0 Å². The first-order valence-electron chi connectivity index (χ1n) is 8.07. The second-order valence-corrected chi connectivity index (χ2v) is 6.44. The third-order valence-electron chi connectivity index (χ3n) is 4.50. The Morgan fingerprint density at radius 3 is 2.28 bits per heavy atom. The fraction of sp³-hybridized carbons (Fsp3) is 0.882. The van der Waals surface area contributed by atoms with Gasteiger partial charge in [0.1, 0.15) is 0 Å². The molecule has 0 nitrogen and oxygen atoms in total. The molecule has 1 aliphatic carbocycles. The number of rotatable bonds is 10. The summed E-state index contributed by atoms with van der Waals surface area (Å²) in [5.74, 6) is 2.58. The number of hydrogen-bond donors (Lipinski definition) is 0. The Kier molecular flexibility index (Phi) is 8.06. The van der Waals surface area contributed by atoms with Gasteiger partial charge in [0, 0.05) is 5.03 Å². The molecule has 1 aliphatic rings. The first kappa shape index (κ1) is 16.1. The van der Waals surface area contributed by atoms with Gasteiger partial charge >= 0.3 is 0 Å². The Balaban J connectivity index is 2.26. The van der Waals surface area contributed by atoms with Crippen molar-refractivity contribution in [1.82, 2.24) is 0 Å². The largest absolute Gasteiger partial charge is 0.0895 e. The van der Waals surface area contributed by atoms with E-state index >= 15 is 0 Å². The van der Waals surface area contributed by atoms with Crippen molar-refractivity contribution in [2.45, 2.75) is 78.6 Å². The lowest BCUT2D eigenvalue weighted by atomic mass is 9.85. The molecule has 0 aliphatic heterocycles. The lowest BCUT2D eigenvalue weighted by Gasteiger charge is -2.21. The highest BCUT2D eigenvalue weighted by atomic mass is 35.5. The van der Waals surface area contributed by atoms with Gasteiger partial charge in [0.05, 0.1) is 0 Å². The zero-order valence-corrected chi connectivity index (χ0v) is 13.3. The summed E-state index contributed by atoms with van der Waals surface area (Å²) >= 11 is 6.40. The topological polar surface area (TPSA) is 0 Å². The number of unbranched alkanes of at least 4 members (excludes halogenated alkanes) is 1. The van der Waals surface area contributed by atoms with Gasteiger partial charge in [0.2, 0.25) is 0 Å². The van der Waals surface area contributed by atoms with Gasteiger partial charge in [-0.25, -0.2) is 0 Å². The monoisotopic (exact) mass is 270 g/mol. The van der Waals surface area contributed by atoms with Crippen LogP contribution in [-0.2, 0) is 0 Å².